The van der Waals surface area contributed by atoms with Crippen LogP contribution in [0.4, 0.5) is 8.78 Å². The van der Waals surface area contributed by atoms with Gasteiger partial charge in [-0.3, -0.25) is 4.90 Å². The molecule has 0 radical (unpaired) electrons. The van der Waals surface area contributed by atoms with Crippen LogP contribution in [0.2, 0.25) is 0 Å². The molecule has 102 valence electrons. The summed E-state index contributed by atoms with van der Waals surface area (Å²) in [6.45, 7) is 3.20. The van der Waals surface area contributed by atoms with Gasteiger partial charge < -0.3 is 5.73 Å². The molecule has 0 bridgehead atoms. The standard InChI is InChI=1S/C13H18F2N2.ClH/c14-12-4-11(5-13(15)6-12)9-17-3-1-2-10(7-16)8-17;/h4-6,10H,1-3,7-9,16H2;1H. The quantitative estimate of drug-likeness (QED) is 0.919. The maximum Gasteiger partial charge on any atom is 0.126 e. The molecule has 2 rings (SSSR count). The van der Waals surface area contributed by atoms with Crippen molar-refractivity contribution in [3.05, 3.63) is 35.4 Å². The molecule has 2 nitrogen and oxygen atoms in total. The Bertz CT molecular complexity index is 367. The molecule has 1 aliphatic rings. The molecule has 2 N–H and O–H groups in total. The van der Waals surface area contributed by atoms with E-state index in [-0.39, 0.29) is 12.4 Å². The third-order valence-corrected chi connectivity index (χ3v) is 3.26. The zero-order chi connectivity index (χ0) is 12.3. The molecule has 0 spiro atoms. The summed E-state index contributed by atoms with van der Waals surface area (Å²) in [5.74, 6) is -0.498. The minimum Gasteiger partial charge on any atom is -0.330 e. The van der Waals surface area contributed by atoms with E-state index in [9.17, 15) is 8.78 Å². The number of hydrogen-bond acceptors (Lipinski definition) is 2. The van der Waals surface area contributed by atoms with Crippen molar-refractivity contribution in [3.8, 4) is 0 Å². The SMILES string of the molecule is Cl.NCC1CCCN(Cc2cc(F)cc(F)c2)C1. The average Bonchev–Trinajstić information content (AvgIpc) is 2.28. The van der Waals surface area contributed by atoms with E-state index >= 15 is 0 Å². The Balaban J connectivity index is 0.00000162. The molecule has 1 atom stereocenters. The molecule has 5 heteroatoms. The molecule has 0 amide bonds. The highest BCUT2D eigenvalue weighted by Crippen LogP contribution is 2.18. The summed E-state index contributed by atoms with van der Waals surface area (Å²) in [7, 11) is 0. The number of nitrogens with zero attached hydrogens (tertiary/aromatic N) is 1. The maximum absolute atomic E-state index is 13.0. The van der Waals surface area contributed by atoms with E-state index in [1.165, 1.54) is 12.1 Å². The molecular weight excluding hydrogens is 258 g/mol. The predicted octanol–water partition coefficient (Wildman–Crippen LogP) is 2.56. The van der Waals surface area contributed by atoms with E-state index in [1.54, 1.807) is 0 Å². The molecule has 0 aromatic heterocycles. The Morgan fingerprint density at radius 3 is 2.50 bits per heavy atom. The zero-order valence-electron chi connectivity index (χ0n) is 10.2. The summed E-state index contributed by atoms with van der Waals surface area (Å²) in [5, 5.41) is 0. The molecule has 1 aliphatic heterocycles. The molecule has 0 aliphatic carbocycles. The van der Waals surface area contributed by atoms with Crippen molar-refractivity contribution in [2.45, 2.75) is 19.4 Å². The number of benzene rings is 1. The number of likely N-dealkylation sites (tertiary alicyclic amines) is 1. The Morgan fingerprint density at radius 1 is 1.22 bits per heavy atom. The van der Waals surface area contributed by atoms with Crippen LogP contribution in [0.25, 0.3) is 0 Å². The lowest BCUT2D eigenvalue weighted by atomic mass is 9.98. The van der Waals surface area contributed by atoms with Crippen LogP contribution in [0.15, 0.2) is 18.2 Å². The van der Waals surface area contributed by atoms with Crippen molar-refractivity contribution in [3.63, 3.8) is 0 Å². The summed E-state index contributed by atoms with van der Waals surface area (Å²) >= 11 is 0. The van der Waals surface area contributed by atoms with Crippen LogP contribution in [-0.2, 0) is 6.54 Å². The van der Waals surface area contributed by atoms with Crippen LogP contribution in [0, 0.1) is 17.6 Å². The van der Waals surface area contributed by atoms with Crippen molar-refractivity contribution in [2.75, 3.05) is 19.6 Å². The van der Waals surface area contributed by atoms with Gasteiger partial charge in [0, 0.05) is 19.2 Å². The van der Waals surface area contributed by atoms with Gasteiger partial charge in [-0.2, -0.15) is 0 Å². The summed E-state index contributed by atoms with van der Waals surface area (Å²) in [4.78, 5) is 2.22. The minimum atomic E-state index is -0.507. The van der Waals surface area contributed by atoms with Crippen LogP contribution in [0.1, 0.15) is 18.4 Å². The number of piperidine rings is 1. The van der Waals surface area contributed by atoms with Gasteiger partial charge in [-0.1, -0.05) is 0 Å². The lowest BCUT2D eigenvalue weighted by molar-refractivity contribution is 0.170. The summed E-state index contributed by atoms with van der Waals surface area (Å²) < 4.78 is 26.1. The molecule has 1 aromatic rings. The van der Waals surface area contributed by atoms with E-state index in [1.807, 2.05) is 0 Å². The number of nitrogens with two attached hydrogens (primary N) is 1. The van der Waals surface area contributed by atoms with Gasteiger partial charge in [-0.25, -0.2) is 8.78 Å². The van der Waals surface area contributed by atoms with Gasteiger partial charge in [0.25, 0.3) is 0 Å². The minimum absolute atomic E-state index is 0. The van der Waals surface area contributed by atoms with Crippen molar-refractivity contribution in [1.82, 2.24) is 4.90 Å². The highest BCUT2D eigenvalue weighted by Gasteiger charge is 2.18. The Hall–Kier alpha value is -0.710. The van der Waals surface area contributed by atoms with Gasteiger partial charge >= 0.3 is 0 Å². The predicted molar refractivity (Wildman–Crippen MR) is 70.7 cm³/mol. The molecule has 1 unspecified atom stereocenters. The second-order valence-corrected chi connectivity index (χ2v) is 4.76. The van der Waals surface area contributed by atoms with Crippen molar-refractivity contribution in [2.24, 2.45) is 11.7 Å². The van der Waals surface area contributed by atoms with E-state index in [0.29, 0.717) is 24.6 Å². The first-order valence-electron chi connectivity index (χ1n) is 6.05. The van der Waals surface area contributed by atoms with Crippen LogP contribution < -0.4 is 5.73 Å². The smallest absolute Gasteiger partial charge is 0.126 e. The maximum atomic E-state index is 13.0. The van der Waals surface area contributed by atoms with Crippen molar-refractivity contribution >= 4 is 12.4 Å². The van der Waals surface area contributed by atoms with Gasteiger partial charge in [0.05, 0.1) is 0 Å². The number of rotatable bonds is 3. The highest BCUT2D eigenvalue weighted by molar-refractivity contribution is 5.85. The fourth-order valence-electron chi connectivity index (χ4n) is 2.45. The first-order valence-corrected chi connectivity index (χ1v) is 6.05. The van der Waals surface area contributed by atoms with E-state index in [2.05, 4.69) is 4.90 Å². The first-order chi connectivity index (χ1) is 8.17. The fourth-order valence-corrected chi connectivity index (χ4v) is 2.45. The van der Waals surface area contributed by atoms with Crippen LogP contribution >= 0.6 is 12.4 Å². The summed E-state index contributed by atoms with van der Waals surface area (Å²) in [6.07, 6.45) is 2.27. The second-order valence-electron chi connectivity index (χ2n) is 4.76. The normalized spacial score (nSPS) is 20.5. The summed E-state index contributed by atoms with van der Waals surface area (Å²) in [5.41, 5.74) is 6.36. The number of halogens is 3. The fraction of sp³-hybridized carbons (Fsp3) is 0.538. The zero-order valence-corrected chi connectivity index (χ0v) is 11.1. The lowest BCUT2D eigenvalue weighted by Crippen LogP contribution is -2.37. The third-order valence-electron chi connectivity index (χ3n) is 3.26. The van der Waals surface area contributed by atoms with E-state index < -0.39 is 11.6 Å². The summed E-state index contributed by atoms with van der Waals surface area (Å²) in [6, 6.07) is 3.70. The molecule has 1 heterocycles. The van der Waals surface area contributed by atoms with Crippen molar-refractivity contribution < 1.29 is 8.78 Å². The molecule has 1 saturated heterocycles. The molecule has 0 saturated carbocycles. The van der Waals surface area contributed by atoms with Gasteiger partial charge in [0.2, 0.25) is 0 Å². The van der Waals surface area contributed by atoms with Gasteiger partial charge in [0.15, 0.2) is 0 Å². The Labute approximate surface area is 113 Å². The van der Waals surface area contributed by atoms with Crippen LogP contribution in [0.3, 0.4) is 0 Å². The van der Waals surface area contributed by atoms with Crippen LogP contribution in [0.5, 0.6) is 0 Å². The Morgan fingerprint density at radius 2 is 1.89 bits per heavy atom. The van der Waals surface area contributed by atoms with E-state index in [4.69, 9.17) is 5.73 Å². The van der Waals surface area contributed by atoms with Crippen molar-refractivity contribution in [1.29, 1.82) is 0 Å². The van der Waals surface area contributed by atoms with Crippen LogP contribution in [-0.4, -0.2) is 24.5 Å². The largest absolute Gasteiger partial charge is 0.330 e. The molecule has 1 fully saturated rings. The Kier molecular flexibility index (Phi) is 5.99. The molecule has 18 heavy (non-hydrogen) atoms. The highest BCUT2D eigenvalue weighted by atomic mass is 35.5. The number of hydrogen-bond donors (Lipinski definition) is 1. The topological polar surface area (TPSA) is 29.3 Å². The molecule has 1 aromatic carbocycles. The average molecular weight is 277 g/mol. The molecular formula is C13H19ClF2N2. The van der Waals surface area contributed by atoms with Gasteiger partial charge in [-0.15, -0.1) is 12.4 Å². The second kappa shape index (κ2) is 7.02. The monoisotopic (exact) mass is 276 g/mol. The van der Waals surface area contributed by atoms with Gasteiger partial charge in [-0.05, 0) is 49.5 Å². The third kappa shape index (κ3) is 4.19. The first kappa shape index (κ1) is 15.3. The van der Waals surface area contributed by atoms with E-state index in [0.717, 1.165) is 32.0 Å². The van der Waals surface area contributed by atoms with Gasteiger partial charge in [0.1, 0.15) is 11.6 Å². The lowest BCUT2D eigenvalue weighted by Gasteiger charge is -2.32.